The van der Waals surface area contributed by atoms with E-state index in [0.29, 0.717) is 11.7 Å². The maximum absolute atomic E-state index is 11.0. The summed E-state index contributed by atoms with van der Waals surface area (Å²) in [4.78, 5) is 13.1. The number of nitrogen functional groups attached to an aromatic ring is 1. The molecule has 1 aromatic rings. The molecular weight excluding hydrogens is 216 g/mol. The van der Waals surface area contributed by atoms with Crippen LogP contribution in [0.15, 0.2) is 18.2 Å². The fraction of sp³-hybridized carbons (Fsp3) is 0.462. The van der Waals surface area contributed by atoms with Crippen molar-refractivity contribution in [2.75, 3.05) is 17.7 Å². The highest BCUT2D eigenvalue weighted by Crippen LogP contribution is 2.28. The van der Waals surface area contributed by atoms with Gasteiger partial charge in [-0.15, -0.1) is 0 Å². The van der Waals surface area contributed by atoms with Crippen LogP contribution in [0.1, 0.15) is 37.0 Å². The monoisotopic (exact) mass is 236 g/mol. The summed E-state index contributed by atoms with van der Waals surface area (Å²) in [6.45, 7) is 4.23. The van der Waals surface area contributed by atoms with Crippen molar-refractivity contribution in [1.82, 2.24) is 0 Å². The van der Waals surface area contributed by atoms with Crippen LogP contribution >= 0.6 is 0 Å². The minimum Gasteiger partial charge on any atom is -0.478 e. The number of para-hydroxylation sites is 1. The van der Waals surface area contributed by atoms with Gasteiger partial charge in [-0.05, 0) is 25.0 Å². The molecule has 4 nitrogen and oxygen atoms in total. The fourth-order valence-electron chi connectivity index (χ4n) is 2.08. The van der Waals surface area contributed by atoms with E-state index in [4.69, 9.17) is 10.8 Å². The number of carboxylic acid groups (broad SMARTS) is 1. The number of carboxylic acids is 1. The average Bonchev–Trinajstić information content (AvgIpc) is 2.30. The zero-order valence-corrected chi connectivity index (χ0v) is 10.6. The first-order valence-corrected chi connectivity index (χ1v) is 5.87. The quantitative estimate of drug-likeness (QED) is 0.771. The van der Waals surface area contributed by atoms with E-state index in [9.17, 15) is 4.79 Å². The lowest BCUT2D eigenvalue weighted by molar-refractivity contribution is 0.0698. The molecule has 1 rings (SSSR count). The smallest absolute Gasteiger partial charge is 0.337 e. The summed E-state index contributed by atoms with van der Waals surface area (Å²) >= 11 is 0. The number of aromatic carboxylic acids is 1. The van der Waals surface area contributed by atoms with E-state index >= 15 is 0 Å². The summed E-state index contributed by atoms with van der Waals surface area (Å²) in [5, 5.41) is 9.03. The molecule has 0 bridgehead atoms. The molecule has 3 N–H and O–H groups in total. The molecule has 0 atom stereocenters. The minimum absolute atomic E-state index is 0.167. The largest absolute Gasteiger partial charge is 0.478 e. The Labute approximate surface area is 102 Å². The van der Waals surface area contributed by atoms with E-state index in [2.05, 4.69) is 18.7 Å². The van der Waals surface area contributed by atoms with E-state index < -0.39 is 5.97 Å². The summed E-state index contributed by atoms with van der Waals surface area (Å²) in [5.74, 6) is -0.984. The molecule has 0 saturated heterocycles. The Hall–Kier alpha value is -1.71. The first-order valence-electron chi connectivity index (χ1n) is 5.87. The Bertz CT molecular complexity index is 400. The number of benzene rings is 1. The van der Waals surface area contributed by atoms with Crippen molar-refractivity contribution < 1.29 is 9.90 Å². The summed E-state index contributed by atoms with van der Waals surface area (Å²) < 4.78 is 0. The van der Waals surface area contributed by atoms with E-state index in [-0.39, 0.29) is 5.56 Å². The van der Waals surface area contributed by atoms with Gasteiger partial charge in [0, 0.05) is 13.1 Å². The van der Waals surface area contributed by atoms with Gasteiger partial charge < -0.3 is 15.7 Å². The molecule has 0 heterocycles. The van der Waals surface area contributed by atoms with Crippen LogP contribution in [-0.2, 0) is 0 Å². The summed E-state index contributed by atoms with van der Waals surface area (Å²) in [6.07, 6.45) is 2.01. The fourth-order valence-corrected chi connectivity index (χ4v) is 2.08. The van der Waals surface area contributed by atoms with Gasteiger partial charge in [0.2, 0.25) is 0 Å². The van der Waals surface area contributed by atoms with E-state index in [0.717, 1.165) is 18.5 Å². The standard InChI is InChI=1S/C13H20N2O2/c1-4-9(5-2)15(3)11-8-6-7-10(12(11)14)13(16)17/h6-9H,4-5,14H2,1-3H3,(H,16,17). The highest BCUT2D eigenvalue weighted by Gasteiger charge is 2.17. The second-order valence-electron chi connectivity index (χ2n) is 4.12. The zero-order chi connectivity index (χ0) is 13.0. The number of rotatable bonds is 5. The highest BCUT2D eigenvalue weighted by atomic mass is 16.4. The molecule has 0 aliphatic carbocycles. The normalized spacial score (nSPS) is 10.6. The zero-order valence-electron chi connectivity index (χ0n) is 10.6. The number of hydrogen-bond acceptors (Lipinski definition) is 3. The lowest BCUT2D eigenvalue weighted by Crippen LogP contribution is -2.31. The Morgan fingerprint density at radius 3 is 2.47 bits per heavy atom. The maximum atomic E-state index is 11.0. The van der Waals surface area contributed by atoms with E-state index in [1.807, 2.05) is 13.1 Å². The minimum atomic E-state index is -0.984. The Morgan fingerprint density at radius 1 is 1.41 bits per heavy atom. The molecule has 0 fully saturated rings. The van der Waals surface area contributed by atoms with Gasteiger partial charge in [0.05, 0.1) is 16.9 Å². The molecule has 4 heteroatoms. The summed E-state index contributed by atoms with van der Waals surface area (Å²) in [7, 11) is 1.95. The van der Waals surface area contributed by atoms with Gasteiger partial charge >= 0.3 is 5.97 Å². The molecular formula is C13H20N2O2. The number of nitrogens with two attached hydrogens (primary N) is 1. The molecule has 0 amide bonds. The maximum Gasteiger partial charge on any atom is 0.337 e. The molecule has 0 aromatic heterocycles. The van der Waals surface area contributed by atoms with Crippen LogP contribution in [0.2, 0.25) is 0 Å². The topological polar surface area (TPSA) is 66.6 Å². The van der Waals surface area contributed by atoms with Gasteiger partial charge in [0.25, 0.3) is 0 Å². The molecule has 0 saturated carbocycles. The van der Waals surface area contributed by atoms with Crippen LogP contribution in [-0.4, -0.2) is 24.2 Å². The SMILES string of the molecule is CCC(CC)N(C)c1cccc(C(=O)O)c1N. The highest BCUT2D eigenvalue weighted by molar-refractivity contribution is 5.97. The molecule has 0 aliphatic heterocycles. The molecule has 0 aliphatic rings. The Morgan fingerprint density at radius 2 is 2.00 bits per heavy atom. The van der Waals surface area contributed by atoms with Gasteiger partial charge in [-0.2, -0.15) is 0 Å². The van der Waals surface area contributed by atoms with Crippen molar-refractivity contribution in [3.63, 3.8) is 0 Å². The van der Waals surface area contributed by atoms with Crippen molar-refractivity contribution in [3.8, 4) is 0 Å². The Kier molecular flexibility index (Phi) is 4.37. The van der Waals surface area contributed by atoms with Gasteiger partial charge in [-0.25, -0.2) is 4.79 Å². The summed E-state index contributed by atoms with van der Waals surface area (Å²) in [6, 6.07) is 5.50. The molecule has 0 radical (unpaired) electrons. The van der Waals surface area contributed by atoms with Crippen molar-refractivity contribution in [2.24, 2.45) is 0 Å². The van der Waals surface area contributed by atoms with Gasteiger partial charge in [-0.3, -0.25) is 0 Å². The van der Waals surface area contributed by atoms with Crippen LogP contribution in [0.4, 0.5) is 11.4 Å². The van der Waals surface area contributed by atoms with Gasteiger partial charge in [0.15, 0.2) is 0 Å². The van der Waals surface area contributed by atoms with Crippen molar-refractivity contribution in [3.05, 3.63) is 23.8 Å². The molecule has 94 valence electrons. The van der Waals surface area contributed by atoms with Crippen LogP contribution in [0.25, 0.3) is 0 Å². The predicted molar refractivity (Wildman–Crippen MR) is 70.6 cm³/mol. The third-order valence-electron chi connectivity index (χ3n) is 3.18. The average molecular weight is 236 g/mol. The summed E-state index contributed by atoms with van der Waals surface area (Å²) in [5.41, 5.74) is 7.21. The van der Waals surface area contributed by atoms with Crippen LogP contribution in [0.3, 0.4) is 0 Å². The predicted octanol–water partition coefficient (Wildman–Crippen LogP) is 2.59. The lowest BCUT2D eigenvalue weighted by Gasteiger charge is -2.29. The number of carbonyl (C=O) groups is 1. The number of anilines is 2. The Balaban J connectivity index is 3.14. The third-order valence-corrected chi connectivity index (χ3v) is 3.18. The first-order chi connectivity index (χ1) is 8.02. The molecule has 0 unspecified atom stereocenters. The third kappa shape index (κ3) is 2.70. The number of nitrogens with zero attached hydrogens (tertiary/aromatic N) is 1. The lowest BCUT2D eigenvalue weighted by atomic mass is 10.1. The van der Waals surface area contributed by atoms with Crippen molar-refractivity contribution >= 4 is 17.3 Å². The van der Waals surface area contributed by atoms with Crippen LogP contribution in [0, 0.1) is 0 Å². The second-order valence-corrected chi connectivity index (χ2v) is 4.12. The first kappa shape index (κ1) is 13.4. The van der Waals surface area contributed by atoms with E-state index in [1.165, 1.54) is 6.07 Å². The van der Waals surface area contributed by atoms with Gasteiger partial charge in [0.1, 0.15) is 0 Å². The van der Waals surface area contributed by atoms with Crippen molar-refractivity contribution in [1.29, 1.82) is 0 Å². The van der Waals surface area contributed by atoms with Crippen LogP contribution in [0.5, 0.6) is 0 Å². The van der Waals surface area contributed by atoms with Crippen molar-refractivity contribution in [2.45, 2.75) is 32.7 Å². The van der Waals surface area contributed by atoms with Gasteiger partial charge in [-0.1, -0.05) is 19.9 Å². The molecule has 1 aromatic carbocycles. The molecule has 0 spiro atoms. The van der Waals surface area contributed by atoms with Crippen LogP contribution < -0.4 is 10.6 Å². The number of hydrogen-bond donors (Lipinski definition) is 2. The van der Waals surface area contributed by atoms with E-state index in [1.54, 1.807) is 6.07 Å². The second kappa shape index (κ2) is 5.57. The molecule has 17 heavy (non-hydrogen) atoms.